The van der Waals surface area contributed by atoms with Crippen LogP contribution in [0.4, 0.5) is 5.69 Å². The van der Waals surface area contributed by atoms with E-state index in [0.717, 1.165) is 29.8 Å². The Bertz CT molecular complexity index is 785. The maximum atomic E-state index is 11.7. The van der Waals surface area contributed by atoms with Crippen LogP contribution in [0, 0.1) is 6.92 Å². The number of hydrogen-bond acceptors (Lipinski definition) is 4. The Hall–Kier alpha value is -1.88. The molecule has 1 aliphatic carbocycles. The van der Waals surface area contributed by atoms with E-state index in [4.69, 9.17) is 0 Å². The molecule has 3 rings (SSSR count). The first kappa shape index (κ1) is 14.1. The lowest BCUT2D eigenvalue weighted by atomic mass is 10.1. The third-order valence-electron chi connectivity index (χ3n) is 3.93. The molecule has 0 saturated carbocycles. The number of fused-ring (bicyclic) bond motifs is 1. The normalized spacial score (nSPS) is 17.5. The number of sulfone groups is 1. The van der Waals surface area contributed by atoms with Gasteiger partial charge < -0.3 is 5.32 Å². The number of pyridine rings is 1. The fourth-order valence-electron chi connectivity index (χ4n) is 2.73. The number of aryl methyl sites for hydroxylation is 2. The first-order chi connectivity index (χ1) is 9.95. The zero-order valence-corrected chi connectivity index (χ0v) is 12.9. The van der Waals surface area contributed by atoms with Crippen molar-refractivity contribution in [2.75, 3.05) is 11.6 Å². The van der Waals surface area contributed by atoms with Crippen LogP contribution in [0.5, 0.6) is 0 Å². The van der Waals surface area contributed by atoms with Crippen LogP contribution < -0.4 is 5.32 Å². The lowest BCUT2D eigenvalue weighted by Gasteiger charge is -2.17. The van der Waals surface area contributed by atoms with Crippen molar-refractivity contribution in [2.45, 2.75) is 30.7 Å². The first-order valence-electron chi connectivity index (χ1n) is 6.96. The third kappa shape index (κ3) is 2.78. The van der Waals surface area contributed by atoms with Crippen molar-refractivity contribution in [3.05, 3.63) is 53.3 Å². The monoisotopic (exact) mass is 302 g/mol. The zero-order valence-electron chi connectivity index (χ0n) is 12.1. The molecule has 1 atom stereocenters. The van der Waals surface area contributed by atoms with Gasteiger partial charge in [0, 0.05) is 18.1 Å². The van der Waals surface area contributed by atoms with Crippen LogP contribution in [0.25, 0.3) is 0 Å². The molecule has 0 radical (unpaired) electrons. The van der Waals surface area contributed by atoms with Crippen molar-refractivity contribution < 1.29 is 8.42 Å². The fourth-order valence-corrected chi connectivity index (χ4v) is 3.38. The molecule has 0 fully saturated rings. The van der Waals surface area contributed by atoms with Gasteiger partial charge in [0.2, 0.25) is 0 Å². The molecule has 1 unspecified atom stereocenters. The van der Waals surface area contributed by atoms with Gasteiger partial charge in [-0.2, -0.15) is 0 Å². The minimum Gasteiger partial charge on any atom is -0.376 e. The Labute approximate surface area is 125 Å². The molecular weight excluding hydrogens is 284 g/mol. The minimum absolute atomic E-state index is 0.148. The van der Waals surface area contributed by atoms with Gasteiger partial charge in [-0.25, -0.2) is 8.42 Å². The number of anilines is 1. The number of nitrogens with zero attached hydrogens (tertiary/aromatic N) is 1. The molecule has 1 aliphatic rings. The van der Waals surface area contributed by atoms with Crippen LogP contribution in [0.3, 0.4) is 0 Å². The van der Waals surface area contributed by atoms with E-state index < -0.39 is 9.84 Å². The molecule has 0 bridgehead atoms. The van der Waals surface area contributed by atoms with Gasteiger partial charge in [0.1, 0.15) is 0 Å². The van der Waals surface area contributed by atoms with Crippen molar-refractivity contribution in [3.8, 4) is 0 Å². The molecule has 0 aliphatic heterocycles. The van der Waals surface area contributed by atoms with E-state index in [-0.39, 0.29) is 6.04 Å². The van der Waals surface area contributed by atoms with Crippen LogP contribution in [0.1, 0.15) is 29.3 Å². The van der Waals surface area contributed by atoms with Gasteiger partial charge in [0.05, 0.1) is 16.6 Å². The second-order valence-electron chi connectivity index (χ2n) is 5.53. The van der Waals surface area contributed by atoms with E-state index in [2.05, 4.69) is 16.4 Å². The first-order valence-corrected chi connectivity index (χ1v) is 8.85. The van der Waals surface area contributed by atoms with Crippen molar-refractivity contribution >= 4 is 15.5 Å². The van der Waals surface area contributed by atoms with Gasteiger partial charge in [-0.15, -0.1) is 0 Å². The zero-order chi connectivity index (χ0) is 15.0. The van der Waals surface area contributed by atoms with Crippen LogP contribution >= 0.6 is 0 Å². The summed E-state index contributed by atoms with van der Waals surface area (Å²) in [5, 5.41) is 3.45. The molecule has 1 heterocycles. The second kappa shape index (κ2) is 5.15. The lowest BCUT2D eigenvalue weighted by molar-refractivity contribution is 0.602. The van der Waals surface area contributed by atoms with Crippen molar-refractivity contribution in [2.24, 2.45) is 0 Å². The van der Waals surface area contributed by atoms with Crippen molar-refractivity contribution in [3.63, 3.8) is 0 Å². The Morgan fingerprint density at radius 1 is 1.29 bits per heavy atom. The molecule has 5 heteroatoms. The minimum atomic E-state index is -3.19. The lowest BCUT2D eigenvalue weighted by Crippen LogP contribution is -2.10. The van der Waals surface area contributed by atoms with Crippen LogP contribution in [0.15, 0.2) is 41.4 Å². The van der Waals surface area contributed by atoms with E-state index in [0.29, 0.717) is 4.90 Å². The molecule has 21 heavy (non-hydrogen) atoms. The average Bonchev–Trinajstić information content (AvgIpc) is 2.83. The van der Waals surface area contributed by atoms with E-state index in [1.165, 1.54) is 11.8 Å². The largest absolute Gasteiger partial charge is 0.376 e. The Morgan fingerprint density at radius 3 is 2.86 bits per heavy atom. The average molecular weight is 302 g/mol. The maximum absolute atomic E-state index is 11.7. The maximum Gasteiger partial charge on any atom is 0.175 e. The molecule has 1 aromatic heterocycles. The number of aromatic nitrogens is 1. The highest BCUT2D eigenvalue weighted by Gasteiger charge is 2.24. The Kier molecular flexibility index (Phi) is 3.45. The predicted octanol–water partition coefficient (Wildman–Crippen LogP) is 2.89. The molecule has 0 spiro atoms. The summed E-state index contributed by atoms with van der Waals surface area (Å²) >= 11 is 0. The highest BCUT2D eigenvalue weighted by molar-refractivity contribution is 7.90. The quantitative estimate of drug-likeness (QED) is 0.947. The smallest absolute Gasteiger partial charge is 0.175 e. The molecule has 0 amide bonds. The van der Waals surface area contributed by atoms with Gasteiger partial charge >= 0.3 is 0 Å². The molecule has 4 nitrogen and oxygen atoms in total. The van der Waals surface area contributed by atoms with Gasteiger partial charge in [-0.1, -0.05) is 12.1 Å². The number of hydrogen-bond donors (Lipinski definition) is 1. The van der Waals surface area contributed by atoms with E-state index in [1.54, 1.807) is 18.3 Å². The highest BCUT2D eigenvalue weighted by Crippen LogP contribution is 2.33. The molecule has 1 N–H and O–H groups in total. The second-order valence-corrected chi connectivity index (χ2v) is 7.55. The van der Waals surface area contributed by atoms with E-state index >= 15 is 0 Å². The van der Waals surface area contributed by atoms with Crippen LogP contribution in [-0.4, -0.2) is 19.7 Å². The summed E-state index contributed by atoms with van der Waals surface area (Å²) in [6.07, 6.45) is 5.02. The summed E-state index contributed by atoms with van der Waals surface area (Å²) < 4.78 is 23.4. The summed E-state index contributed by atoms with van der Waals surface area (Å²) in [6.45, 7) is 1.97. The van der Waals surface area contributed by atoms with Gasteiger partial charge in [-0.3, -0.25) is 4.98 Å². The topological polar surface area (TPSA) is 59.1 Å². The molecule has 110 valence electrons. The SMILES string of the molecule is Cc1ccc(S(C)(=O)=O)cc1NC1CCc2cccnc21. The predicted molar refractivity (Wildman–Crippen MR) is 83.2 cm³/mol. The van der Waals surface area contributed by atoms with Crippen molar-refractivity contribution in [1.82, 2.24) is 4.98 Å². The van der Waals surface area contributed by atoms with Crippen LogP contribution in [-0.2, 0) is 16.3 Å². The van der Waals surface area contributed by atoms with Gasteiger partial charge in [0.15, 0.2) is 9.84 Å². The summed E-state index contributed by atoms with van der Waals surface area (Å²) in [6, 6.07) is 9.41. The Morgan fingerprint density at radius 2 is 2.10 bits per heavy atom. The molecular formula is C16H18N2O2S. The van der Waals surface area contributed by atoms with Crippen LogP contribution in [0.2, 0.25) is 0 Å². The van der Waals surface area contributed by atoms with Gasteiger partial charge in [0.25, 0.3) is 0 Å². The van der Waals surface area contributed by atoms with Gasteiger partial charge in [-0.05, 0) is 49.1 Å². The summed E-state index contributed by atoms with van der Waals surface area (Å²) in [5.41, 5.74) is 4.24. The number of benzene rings is 1. The fraction of sp³-hybridized carbons (Fsp3) is 0.312. The third-order valence-corrected chi connectivity index (χ3v) is 5.04. The van der Waals surface area contributed by atoms with E-state index in [1.807, 2.05) is 19.1 Å². The highest BCUT2D eigenvalue weighted by atomic mass is 32.2. The number of rotatable bonds is 3. The molecule has 0 saturated heterocycles. The standard InChI is InChI=1S/C16H18N2O2S/c1-11-5-7-13(21(2,19)20)10-15(11)18-14-8-6-12-4-3-9-17-16(12)14/h3-5,7,9-10,14,18H,6,8H2,1-2H3. The van der Waals surface area contributed by atoms with E-state index in [9.17, 15) is 8.42 Å². The molecule has 2 aromatic rings. The molecule has 1 aromatic carbocycles. The van der Waals surface area contributed by atoms with Crippen molar-refractivity contribution in [1.29, 1.82) is 0 Å². The summed E-state index contributed by atoms with van der Waals surface area (Å²) in [5.74, 6) is 0. The summed E-state index contributed by atoms with van der Waals surface area (Å²) in [7, 11) is -3.19. The number of nitrogens with one attached hydrogen (secondary N) is 1. The Balaban J connectivity index is 1.93. The summed E-state index contributed by atoms with van der Waals surface area (Å²) in [4.78, 5) is 4.80.